The molecular formula is C25H20ClNO5. The first-order valence-electron chi connectivity index (χ1n) is 9.77. The molecule has 0 N–H and O–H groups in total. The topological polar surface area (TPSA) is 66.8 Å². The zero-order valence-electron chi connectivity index (χ0n) is 17.7. The molecule has 0 saturated heterocycles. The first-order chi connectivity index (χ1) is 15.4. The minimum atomic E-state index is -0.634. The van der Waals surface area contributed by atoms with Crippen molar-refractivity contribution in [1.82, 2.24) is 4.57 Å². The molecule has 0 aliphatic rings. The number of ether oxygens (including phenoxy) is 3. The van der Waals surface area contributed by atoms with E-state index in [0.29, 0.717) is 38.7 Å². The SMILES string of the molecule is COc1cc2c(C(=O)Oc3cccc(Cl)c3)cn(-c3ccc(C)cc3)c(=O)c2cc1OC. The van der Waals surface area contributed by atoms with E-state index in [4.69, 9.17) is 25.8 Å². The zero-order chi connectivity index (χ0) is 22.8. The van der Waals surface area contributed by atoms with Gasteiger partial charge in [0, 0.05) is 22.3 Å². The highest BCUT2D eigenvalue weighted by Gasteiger charge is 2.20. The number of hydrogen-bond acceptors (Lipinski definition) is 5. The van der Waals surface area contributed by atoms with Gasteiger partial charge in [0.05, 0.1) is 25.2 Å². The van der Waals surface area contributed by atoms with Gasteiger partial charge in [-0.25, -0.2) is 4.79 Å². The number of carbonyl (C=O) groups excluding carboxylic acids is 1. The number of pyridine rings is 1. The number of nitrogens with zero attached hydrogens (tertiary/aromatic N) is 1. The summed E-state index contributed by atoms with van der Waals surface area (Å²) in [5, 5.41) is 1.13. The Kier molecular flexibility index (Phi) is 5.88. The van der Waals surface area contributed by atoms with Gasteiger partial charge in [0.2, 0.25) is 0 Å². The second kappa shape index (κ2) is 8.77. The molecule has 0 saturated carbocycles. The highest BCUT2D eigenvalue weighted by Crippen LogP contribution is 2.33. The lowest BCUT2D eigenvalue weighted by Gasteiger charge is -2.15. The van der Waals surface area contributed by atoms with Crippen molar-refractivity contribution in [2.75, 3.05) is 14.2 Å². The molecule has 0 aliphatic heterocycles. The van der Waals surface area contributed by atoms with Crippen molar-refractivity contribution in [2.45, 2.75) is 6.92 Å². The molecule has 6 nitrogen and oxygen atoms in total. The van der Waals surface area contributed by atoms with Crippen LogP contribution in [0.25, 0.3) is 16.5 Å². The molecule has 0 atom stereocenters. The number of halogens is 1. The molecule has 162 valence electrons. The molecule has 0 radical (unpaired) electrons. The van der Waals surface area contributed by atoms with Crippen LogP contribution < -0.4 is 19.8 Å². The molecule has 0 unspecified atom stereocenters. The van der Waals surface area contributed by atoms with Crippen LogP contribution in [0.15, 0.2) is 71.7 Å². The van der Waals surface area contributed by atoms with Gasteiger partial charge in [-0.1, -0.05) is 35.4 Å². The van der Waals surface area contributed by atoms with Crippen molar-refractivity contribution in [2.24, 2.45) is 0 Å². The Bertz CT molecular complexity index is 1380. The number of esters is 1. The van der Waals surface area contributed by atoms with Crippen LogP contribution in [0.5, 0.6) is 17.2 Å². The molecule has 4 rings (SSSR count). The lowest BCUT2D eigenvalue weighted by atomic mass is 10.1. The summed E-state index contributed by atoms with van der Waals surface area (Å²) in [6.07, 6.45) is 1.48. The second-order valence-electron chi connectivity index (χ2n) is 7.15. The third-order valence-electron chi connectivity index (χ3n) is 5.06. The lowest BCUT2D eigenvalue weighted by molar-refractivity contribution is 0.0736. The van der Waals surface area contributed by atoms with Crippen LogP contribution in [0.2, 0.25) is 5.02 Å². The molecule has 32 heavy (non-hydrogen) atoms. The van der Waals surface area contributed by atoms with E-state index in [1.54, 1.807) is 36.4 Å². The molecule has 3 aromatic carbocycles. The highest BCUT2D eigenvalue weighted by atomic mass is 35.5. The maximum absolute atomic E-state index is 13.4. The Balaban J connectivity index is 1.96. The predicted octanol–water partition coefficient (Wildman–Crippen LogP) is 5.19. The summed E-state index contributed by atoms with van der Waals surface area (Å²) in [7, 11) is 2.97. The Labute approximate surface area is 189 Å². The highest BCUT2D eigenvalue weighted by molar-refractivity contribution is 6.30. The molecule has 0 aliphatic carbocycles. The van der Waals surface area contributed by atoms with E-state index >= 15 is 0 Å². The minimum Gasteiger partial charge on any atom is -0.493 e. The summed E-state index contributed by atoms with van der Waals surface area (Å²) < 4.78 is 17.7. The van der Waals surface area contributed by atoms with Crippen molar-refractivity contribution in [3.8, 4) is 22.9 Å². The third-order valence-corrected chi connectivity index (χ3v) is 5.30. The Morgan fingerprint density at radius 3 is 2.19 bits per heavy atom. The van der Waals surface area contributed by atoms with Crippen molar-refractivity contribution in [3.05, 3.63) is 93.4 Å². The zero-order valence-corrected chi connectivity index (χ0v) is 18.5. The van der Waals surface area contributed by atoms with Gasteiger partial charge in [-0.05, 0) is 49.4 Å². The van der Waals surface area contributed by atoms with Crippen LogP contribution in [0.4, 0.5) is 0 Å². The van der Waals surface area contributed by atoms with Crippen LogP contribution in [-0.4, -0.2) is 24.8 Å². The van der Waals surface area contributed by atoms with Crippen molar-refractivity contribution in [3.63, 3.8) is 0 Å². The van der Waals surface area contributed by atoms with E-state index in [2.05, 4.69) is 0 Å². The molecule has 0 amide bonds. The van der Waals surface area contributed by atoms with Gasteiger partial charge in [-0.15, -0.1) is 0 Å². The van der Waals surface area contributed by atoms with Crippen LogP contribution in [0, 0.1) is 6.92 Å². The summed E-state index contributed by atoms with van der Waals surface area (Å²) in [4.78, 5) is 26.5. The van der Waals surface area contributed by atoms with Gasteiger partial charge in [0.25, 0.3) is 5.56 Å². The fourth-order valence-corrected chi connectivity index (χ4v) is 3.60. The van der Waals surface area contributed by atoms with Gasteiger partial charge < -0.3 is 14.2 Å². The summed E-state index contributed by atoms with van der Waals surface area (Å²) in [6.45, 7) is 1.96. The monoisotopic (exact) mass is 449 g/mol. The number of aromatic nitrogens is 1. The Morgan fingerprint density at radius 2 is 1.56 bits per heavy atom. The quantitative estimate of drug-likeness (QED) is 0.310. The van der Waals surface area contributed by atoms with E-state index in [1.165, 1.54) is 25.0 Å². The number of fused-ring (bicyclic) bond motifs is 1. The molecular weight excluding hydrogens is 430 g/mol. The van der Waals surface area contributed by atoms with Crippen molar-refractivity contribution < 1.29 is 19.0 Å². The summed E-state index contributed by atoms with van der Waals surface area (Å²) >= 11 is 6.01. The molecule has 1 heterocycles. The van der Waals surface area contributed by atoms with E-state index in [-0.39, 0.29) is 11.1 Å². The molecule has 1 aromatic heterocycles. The fourth-order valence-electron chi connectivity index (χ4n) is 3.42. The van der Waals surface area contributed by atoms with E-state index in [0.717, 1.165) is 5.56 Å². The largest absolute Gasteiger partial charge is 0.493 e. The smallest absolute Gasteiger partial charge is 0.345 e. The second-order valence-corrected chi connectivity index (χ2v) is 7.59. The number of aryl methyl sites for hydroxylation is 1. The summed E-state index contributed by atoms with van der Waals surface area (Å²) in [6, 6.07) is 17.1. The van der Waals surface area contributed by atoms with Crippen LogP contribution >= 0.6 is 11.6 Å². The minimum absolute atomic E-state index is 0.195. The van der Waals surface area contributed by atoms with Gasteiger partial charge >= 0.3 is 5.97 Å². The summed E-state index contributed by atoms with van der Waals surface area (Å²) in [5.74, 6) is 0.437. The van der Waals surface area contributed by atoms with Gasteiger partial charge in [-0.2, -0.15) is 0 Å². The predicted molar refractivity (Wildman–Crippen MR) is 124 cm³/mol. The summed E-state index contributed by atoms with van der Waals surface area (Å²) in [5.41, 5.74) is 1.56. The number of methoxy groups -OCH3 is 2. The van der Waals surface area contributed by atoms with Crippen molar-refractivity contribution >= 4 is 28.3 Å². The maximum Gasteiger partial charge on any atom is 0.345 e. The first kappa shape index (κ1) is 21.5. The van der Waals surface area contributed by atoms with Crippen molar-refractivity contribution in [1.29, 1.82) is 0 Å². The molecule has 4 aromatic rings. The average molecular weight is 450 g/mol. The first-order valence-corrected chi connectivity index (χ1v) is 10.1. The van der Waals surface area contributed by atoms with Gasteiger partial charge in [0.15, 0.2) is 11.5 Å². The third kappa shape index (κ3) is 4.05. The number of carbonyl (C=O) groups is 1. The van der Waals surface area contributed by atoms with E-state index in [1.807, 2.05) is 31.2 Å². The number of hydrogen-bond donors (Lipinski definition) is 0. The van der Waals surface area contributed by atoms with Crippen LogP contribution in [-0.2, 0) is 0 Å². The van der Waals surface area contributed by atoms with Gasteiger partial charge in [0.1, 0.15) is 5.75 Å². The molecule has 0 spiro atoms. The maximum atomic E-state index is 13.4. The lowest BCUT2D eigenvalue weighted by Crippen LogP contribution is -2.22. The van der Waals surface area contributed by atoms with Crippen LogP contribution in [0.3, 0.4) is 0 Å². The number of benzene rings is 3. The van der Waals surface area contributed by atoms with E-state index < -0.39 is 5.97 Å². The molecule has 0 bridgehead atoms. The Morgan fingerprint density at radius 1 is 0.906 bits per heavy atom. The Hall–Kier alpha value is -3.77. The van der Waals surface area contributed by atoms with E-state index in [9.17, 15) is 9.59 Å². The number of rotatable bonds is 5. The molecule has 7 heteroatoms. The molecule has 0 fully saturated rings. The standard InChI is InChI=1S/C25H20ClNO5/c1-15-7-9-17(10-8-15)27-14-21(25(29)32-18-6-4-5-16(26)11-18)19-12-22(30-2)23(31-3)13-20(19)24(27)28/h4-14H,1-3H3. The van der Waals surface area contributed by atoms with Gasteiger partial charge in [-0.3, -0.25) is 9.36 Å². The van der Waals surface area contributed by atoms with Crippen LogP contribution in [0.1, 0.15) is 15.9 Å². The average Bonchev–Trinajstić information content (AvgIpc) is 2.79. The fraction of sp³-hybridized carbons (Fsp3) is 0.120. The normalized spacial score (nSPS) is 10.8.